The van der Waals surface area contributed by atoms with E-state index in [0.29, 0.717) is 0 Å². The van der Waals surface area contributed by atoms with Gasteiger partial charge >= 0.3 is 0 Å². The van der Waals surface area contributed by atoms with Gasteiger partial charge in [0.1, 0.15) is 22.7 Å². The first-order valence-electron chi connectivity index (χ1n) is 13.3. The summed E-state index contributed by atoms with van der Waals surface area (Å²) in [7, 11) is 0. The molecule has 6 rings (SSSR count). The second-order valence-corrected chi connectivity index (χ2v) is 9.89. The first-order valence-corrected chi connectivity index (χ1v) is 13.3. The van der Waals surface area contributed by atoms with E-state index in [4.69, 9.17) is 8.83 Å². The van der Waals surface area contributed by atoms with E-state index in [9.17, 15) is 0 Å². The molecule has 0 spiro atoms. The van der Waals surface area contributed by atoms with Crippen LogP contribution in [0.25, 0.3) is 55.4 Å². The Morgan fingerprint density at radius 3 is 1.31 bits per heavy atom. The summed E-state index contributed by atoms with van der Waals surface area (Å²) in [6.07, 6.45) is 7.14. The summed E-state index contributed by atoms with van der Waals surface area (Å²) in [5, 5.41) is 4.39. The van der Waals surface area contributed by atoms with Gasteiger partial charge in [0.15, 0.2) is 0 Å². The van der Waals surface area contributed by atoms with Gasteiger partial charge in [0, 0.05) is 32.7 Å². The molecule has 2 heterocycles. The molecule has 0 fully saturated rings. The van der Waals surface area contributed by atoms with E-state index in [2.05, 4.69) is 98.8 Å². The largest absolute Gasteiger partial charge is 0.455 e. The van der Waals surface area contributed by atoms with Gasteiger partial charge < -0.3 is 8.83 Å². The van der Waals surface area contributed by atoms with Crippen LogP contribution in [0.15, 0.2) is 93.8 Å². The molecule has 0 radical (unpaired) electrons. The number of fused-ring (bicyclic) bond motifs is 5. The van der Waals surface area contributed by atoms with Crippen molar-refractivity contribution in [2.45, 2.75) is 52.4 Å². The maximum absolute atomic E-state index is 6.43. The normalized spacial score (nSPS) is 11.7. The van der Waals surface area contributed by atoms with Crippen LogP contribution in [0.2, 0.25) is 0 Å². The average Bonchev–Trinajstić information content (AvgIpc) is 3.56. The molecule has 0 saturated heterocycles. The van der Waals surface area contributed by atoms with Crippen LogP contribution in [0.5, 0.6) is 0 Å². The van der Waals surface area contributed by atoms with Crippen LogP contribution in [-0.4, -0.2) is 0 Å². The zero-order valence-corrected chi connectivity index (χ0v) is 21.1. The molecule has 0 amide bonds. The van der Waals surface area contributed by atoms with Crippen LogP contribution in [-0.2, 0) is 12.8 Å². The lowest BCUT2D eigenvalue weighted by Crippen LogP contribution is -1.84. The van der Waals surface area contributed by atoms with Crippen LogP contribution in [0.1, 0.15) is 50.7 Å². The van der Waals surface area contributed by atoms with Crippen LogP contribution < -0.4 is 0 Å². The highest BCUT2D eigenvalue weighted by Crippen LogP contribution is 2.38. The maximum Gasteiger partial charge on any atom is 0.142 e. The van der Waals surface area contributed by atoms with Gasteiger partial charge in [-0.05, 0) is 61.1 Å². The van der Waals surface area contributed by atoms with Crippen LogP contribution in [0, 0.1) is 0 Å². The number of aryl methyl sites for hydroxylation is 2. The highest BCUT2D eigenvalue weighted by molar-refractivity contribution is 6.14. The van der Waals surface area contributed by atoms with E-state index in [0.717, 1.165) is 68.2 Å². The van der Waals surface area contributed by atoms with Gasteiger partial charge in [-0.25, -0.2) is 0 Å². The van der Waals surface area contributed by atoms with Gasteiger partial charge in [-0.15, -0.1) is 0 Å². The predicted octanol–water partition coefficient (Wildman–Crippen LogP) is 10.4. The minimum atomic E-state index is 0.905. The fourth-order valence-electron chi connectivity index (χ4n) is 5.12. The molecule has 2 nitrogen and oxygen atoms in total. The average molecular weight is 473 g/mol. The highest BCUT2D eigenvalue weighted by Gasteiger charge is 2.14. The minimum Gasteiger partial charge on any atom is -0.455 e. The Kier molecular flexibility index (Phi) is 6.11. The summed E-state index contributed by atoms with van der Waals surface area (Å²) >= 11 is 0. The number of unbranched alkanes of at least 4 members (excludes halogenated alkanes) is 2. The molecule has 0 atom stereocenters. The standard InChI is InChI=1S/C34H32O2/c1-3-5-7-23-9-13-25(14-10-23)31-21-27-17-19-30-29(33(27)35-31)20-18-28-22-32(36-34(28)30)26-15-11-24(12-16-26)8-6-4-2/h9-22H,3-8H2,1-2H3. The Hall–Kier alpha value is -3.78. The van der Waals surface area contributed by atoms with Gasteiger partial charge in [-0.1, -0.05) is 87.4 Å². The van der Waals surface area contributed by atoms with E-state index in [1.165, 1.54) is 36.8 Å². The van der Waals surface area contributed by atoms with Gasteiger partial charge in [-0.3, -0.25) is 0 Å². The van der Waals surface area contributed by atoms with Crippen LogP contribution in [0.4, 0.5) is 0 Å². The van der Waals surface area contributed by atoms with Crippen molar-refractivity contribution in [2.24, 2.45) is 0 Å². The summed E-state index contributed by atoms with van der Waals surface area (Å²) in [6, 6.07) is 30.5. The molecule has 2 heteroatoms. The Balaban J connectivity index is 1.36. The molecular formula is C34H32O2. The fourth-order valence-corrected chi connectivity index (χ4v) is 5.12. The zero-order valence-electron chi connectivity index (χ0n) is 21.1. The summed E-state index contributed by atoms with van der Waals surface area (Å²) < 4.78 is 12.9. The molecule has 0 aliphatic carbocycles. The lowest BCUT2D eigenvalue weighted by atomic mass is 10.0. The maximum atomic E-state index is 6.43. The molecular weight excluding hydrogens is 440 g/mol. The molecule has 36 heavy (non-hydrogen) atoms. The van der Waals surface area contributed by atoms with E-state index < -0.39 is 0 Å². The molecule has 0 aliphatic rings. The topological polar surface area (TPSA) is 26.3 Å². The predicted molar refractivity (Wildman–Crippen MR) is 152 cm³/mol. The summed E-state index contributed by atoms with van der Waals surface area (Å²) in [5.41, 5.74) is 6.82. The van der Waals surface area contributed by atoms with Gasteiger partial charge in [-0.2, -0.15) is 0 Å². The third kappa shape index (κ3) is 4.22. The second-order valence-electron chi connectivity index (χ2n) is 9.89. The first kappa shape index (κ1) is 22.7. The molecule has 4 aromatic carbocycles. The lowest BCUT2D eigenvalue weighted by Gasteiger charge is -2.02. The summed E-state index contributed by atoms with van der Waals surface area (Å²) in [5.74, 6) is 1.81. The third-order valence-corrected chi connectivity index (χ3v) is 7.28. The lowest BCUT2D eigenvalue weighted by molar-refractivity contribution is 0.632. The highest BCUT2D eigenvalue weighted by atomic mass is 16.3. The Morgan fingerprint density at radius 1 is 0.500 bits per heavy atom. The number of benzene rings is 4. The summed E-state index contributed by atoms with van der Waals surface area (Å²) in [6.45, 7) is 4.46. The van der Waals surface area contributed by atoms with Crippen molar-refractivity contribution in [3.05, 3.63) is 96.1 Å². The number of furan rings is 2. The van der Waals surface area contributed by atoms with Gasteiger partial charge in [0.25, 0.3) is 0 Å². The van der Waals surface area contributed by atoms with Crippen LogP contribution in [0.3, 0.4) is 0 Å². The van der Waals surface area contributed by atoms with E-state index in [1.54, 1.807) is 0 Å². The van der Waals surface area contributed by atoms with Crippen molar-refractivity contribution in [2.75, 3.05) is 0 Å². The van der Waals surface area contributed by atoms with Crippen molar-refractivity contribution in [1.82, 2.24) is 0 Å². The Labute approximate surface area is 212 Å². The van der Waals surface area contributed by atoms with Crippen LogP contribution >= 0.6 is 0 Å². The monoisotopic (exact) mass is 472 g/mol. The SMILES string of the molecule is CCCCc1ccc(-c2cc3ccc4c(ccc5cc(-c6ccc(CCCC)cc6)oc54)c3o2)cc1. The van der Waals surface area contributed by atoms with Crippen molar-refractivity contribution >= 4 is 32.7 Å². The first-order chi connectivity index (χ1) is 17.7. The molecule has 0 N–H and O–H groups in total. The van der Waals surface area contributed by atoms with E-state index >= 15 is 0 Å². The van der Waals surface area contributed by atoms with Crippen molar-refractivity contribution in [1.29, 1.82) is 0 Å². The number of hydrogen-bond donors (Lipinski definition) is 0. The van der Waals surface area contributed by atoms with Crippen molar-refractivity contribution < 1.29 is 8.83 Å². The number of rotatable bonds is 8. The molecule has 6 aromatic rings. The number of hydrogen-bond acceptors (Lipinski definition) is 2. The fraction of sp³-hybridized carbons (Fsp3) is 0.235. The molecule has 0 saturated carbocycles. The molecule has 180 valence electrons. The molecule has 0 aliphatic heterocycles. The zero-order chi connectivity index (χ0) is 24.5. The van der Waals surface area contributed by atoms with Crippen molar-refractivity contribution in [3.8, 4) is 22.6 Å². The Morgan fingerprint density at radius 2 is 0.917 bits per heavy atom. The third-order valence-electron chi connectivity index (χ3n) is 7.28. The van der Waals surface area contributed by atoms with Crippen molar-refractivity contribution in [3.63, 3.8) is 0 Å². The summed E-state index contributed by atoms with van der Waals surface area (Å²) in [4.78, 5) is 0. The smallest absolute Gasteiger partial charge is 0.142 e. The molecule has 0 bridgehead atoms. The quantitative estimate of drug-likeness (QED) is 0.220. The van der Waals surface area contributed by atoms with E-state index in [1.807, 2.05) is 0 Å². The Bertz CT molecular complexity index is 1500. The van der Waals surface area contributed by atoms with Gasteiger partial charge in [0.2, 0.25) is 0 Å². The molecule has 2 aromatic heterocycles. The second kappa shape index (κ2) is 9.70. The molecule has 0 unspecified atom stereocenters. The van der Waals surface area contributed by atoms with Gasteiger partial charge in [0.05, 0.1) is 0 Å². The minimum absolute atomic E-state index is 0.905. The van der Waals surface area contributed by atoms with E-state index in [-0.39, 0.29) is 0 Å².